The van der Waals surface area contributed by atoms with Gasteiger partial charge in [0.15, 0.2) is 9.84 Å². The Hall–Kier alpha value is -0.180. The third-order valence-corrected chi connectivity index (χ3v) is 8.98. The van der Waals surface area contributed by atoms with Gasteiger partial charge in [0.1, 0.15) is 0 Å². The SMILES string of the molecule is CC1(C)CCN(CCN2CCCS2(=O)=O)CCS1(=O)=O. The van der Waals surface area contributed by atoms with Crippen molar-refractivity contribution < 1.29 is 16.8 Å². The highest BCUT2D eigenvalue weighted by atomic mass is 32.2. The molecule has 20 heavy (non-hydrogen) atoms. The number of hydrogen-bond donors (Lipinski definition) is 0. The molecule has 2 fully saturated rings. The summed E-state index contributed by atoms with van der Waals surface area (Å²) in [6.45, 7) is 6.45. The summed E-state index contributed by atoms with van der Waals surface area (Å²) in [5.74, 6) is 0.404. The Labute approximate surface area is 122 Å². The Bertz CT molecular complexity index is 554. The molecule has 118 valence electrons. The molecule has 0 aromatic heterocycles. The quantitative estimate of drug-likeness (QED) is 0.726. The zero-order valence-electron chi connectivity index (χ0n) is 12.2. The van der Waals surface area contributed by atoms with Crippen molar-refractivity contribution in [1.82, 2.24) is 9.21 Å². The Morgan fingerprint density at radius 2 is 1.65 bits per heavy atom. The van der Waals surface area contributed by atoms with Gasteiger partial charge in [0, 0.05) is 26.2 Å². The molecule has 0 amide bonds. The van der Waals surface area contributed by atoms with E-state index in [1.165, 1.54) is 4.31 Å². The molecule has 0 unspecified atom stereocenters. The molecule has 0 aromatic rings. The van der Waals surface area contributed by atoms with Crippen LogP contribution in [0, 0.1) is 0 Å². The Morgan fingerprint density at radius 3 is 2.25 bits per heavy atom. The number of rotatable bonds is 3. The van der Waals surface area contributed by atoms with Crippen LogP contribution in [0.25, 0.3) is 0 Å². The molecule has 0 bridgehead atoms. The van der Waals surface area contributed by atoms with Crippen molar-refractivity contribution in [2.45, 2.75) is 31.4 Å². The fourth-order valence-electron chi connectivity index (χ4n) is 2.64. The molecule has 6 nitrogen and oxygen atoms in total. The molecule has 8 heteroatoms. The molecule has 0 aliphatic carbocycles. The van der Waals surface area contributed by atoms with Crippen LogP contribution in [-0.4, -0.2) is 75.0 Å². The molecule has 0 atom stereocenters. The predicted molar refractivity (Wildman–Crippen MR) is 78.9 cm³/mol. The molecular weight excluding hydrogens is 300 g/mol. The summed E-state index contributed by atoms with van der Waals surface area (Å²) in [4.78, 5) is 2.07. The van der Waals surface area contributed by atoms with Gasteiger partial charge in [-0.15, -0.1) is 0 Å². The third-order valence-electron chi connectivity index (χ3n) is 4.42. The van der Waals surface area contributed by atoms with Gasteiger partial charge >= 0.3 is 0 Å². The van der Waals surface area contributed by atoms with Gasteiger partial charge < -0.3 is 4.90 Å². The van der Waals surface area contributed by atoms with E-state index in [-0.39, 0.29) is 11.5 Å². The predicted octanol–water partition coefficient (Wildman–Crippen LogP) is -0.0790. The number of sulfone groups is 1. The number of sulfonamides is 1. The highest BCUT2D eigenvalue weighted by Crippen LogP contribution is 2.25. The van der Waals surface area contributed by atoms with Crippen molar-refractivity contribution >= 4 is 19.9 Å². The molecule has 2 heterocycles. The first kappa shape index (κ1) is 16.2. The summed E-state index contributed by atoms with van der Waals surface area (Å²) in [7, 11) is -6.12. The highest BCUT2D eigenvalue weighted by molar-refractivity contribution is 7.92. The van der Waals surface area contributed by atoms with Crippen LogP contribution in [-0.2, 0) is 19.9 Å². The maximum absolute atomic E-state index is 12.1. The fourth-order valence-corrected chi connectivity index (χ4v) is 5.61. The van der Waals surface area contributed by atoms with Crippen LogP contribution in [0.5, 0.6) is 0 Å². The van der Waals surface area contributed by atoms with Gasteiger partial charge in [-0.25, -0.2) is 21.1 Å². The molecule has 0 spiro atoms. The summed E-state index contributed by atoms with van der Waals surface area (Å²) >= 11 is 0. The van der Waals surface area contributed by atoms with Crippen molar-refractivity contribution in [2.75, 3.05) is 44.2 Å². The second-order valence-electron chi connectivity index (χ2n) is 6.24. The van der Waals surface area contributed by atoms with Crippen LogP contribution in [0.15, 0.2) is 0 Å². The normalized spacial score (nSPS) is 30.1. The van der Waals surface area contributed by atoms with E-state index in [0.717, 1.165) is 0 Å². The van der Waals surface area contributed by atoms with Crippen molar-refractivity contribution in [3.8, 4) is 0 Å². The Morgan fingerprint density at radius 1 is 0.950 bits per heavy atom. The van der Waals surface area contributed by atoms with Gasteiger partial charge in [0.05, 0.1) is 16.3 Å². The molecule has 2 rings (SSSR count). The van der Waals surface area contributed by atoms with Crippen molar-refractivity contribution in [3.05, 3.63) is 0 Å². The minimum absolute atomic E-state index is 0.159. The van der Waals surface area contributed by atoms with Crippen LogP contribution < -0.4 is 0 Å². The molecule has 2 aliphatic heterocycles. The zero-order valence-corrected chi connectivity index (χ0v) is 13.8. The Kier molecular flexibility index (Phi) is 4.49. The monoisotopic (exact) mass is 324 g/mol. The first-order valence-corrected chi connectivity index (χ1v) is 10.3. The van der Waals surface area contributed by atoms with Crippen LogP contribution in [0.3, 0.4) is 0 Å². The molecule has 2 saturated heterocycles. The zero-order chi connectivity index (χ0) is 15.0. The minimum atomic E-state index is -3.06. The molecule has 0 aromatic carbocycles. The van der Waals surface area contributed by atoms with Gasteiger partial charge in [-0.05, 0) is 33.2 Å². The van der Waals surface area contributed by atoms with E-state index in [4.69, 9.17) is 0 Å². The second kappa shape index (κ2) is 5.55. The third kappa shape index (κ3) is 3.35. The Balaban J connectivity index is 1.93. The van der Waals surface area contributed by atoms with E-state index in [1.54, 1.807) is 13.8 Å². The van der Waals surface area contributed by atoms with Crippen LogP contribution in [0.2, 0.25) is 0 Å². The lowest BCUT2D eigenvalue weighted by molar-refractivity contribution is 0.261. The summed E-state index contributed by atoms with van der Waals surface area (Å²) in [5.41, 5.74) is 0. The summed E-state index contributed by atoms with van der Waals surface area (Å²) in [6.07, 6.45) is 1.30. The van der Waals surface area contributed by atoms with E-state index >= 15 is 0 Å². The molecule has 0 saturated carbocycles. The standard InChI is InChI=1S/C12H24N2O4S2/c1-12(2)4-6-13(9-11-19(12,15)16)7-8-14-5-3-10-20(14,17)18/h3-11H2,1-2H3. The summed E-state index contributed by atoms with van der Waals surface area (Å²) < 4.78 is 48.5. The molecular formula is C12H24N2O4S2. The smallest absolute Gasteiger partial charge is 0.214 e. The van der Waals surface area contributed by atoms with Crippen LogP contribution in [0.1, 0.15) is 26.7 Å². The maximum Gasteiger partial charge on any atom is 0.214 e. The summed E-state index contributed by atoms with van der Waals surface area (Å²) in [5, 5.41) is 0. The van der Waals surface area contributed by atoms with Crippen molar-refractivity contribution in [3.63, 3.8) is 0 Å². The fraction of sp³-hybridized carbons (Fsp3) is 1.00. The van der Waals surface area contributed by atoms with Crippen LogP contribution in [0.4, 0.5) is 0 Å². The first-order valence-electron chi connectivity index (χ1n) is 7.07. The average Bonchev–Trinajstić information content (AvgIpc) is 2.62. The lowest BCUT2D eigenvalue weighted by atomic mass is 10.1. The van der Waals surface area contributed by atoms with E-state index in [2.05, 4.69) is 4.90 Å². The van der Waals surface area contributed by atoms with E-state index in [9.17, 15) is 16.8 Å². The molecule has 2 aliphatic rings. The largest absolute Gasteiger partial charge is 0.301 e. The average molecular weight is 324 g/mol. The highest BCUT2D eigenvalue weighted by Gasteiger charge is 2.37. The lowest BCUT2D eigenvalue weighted by Gasteiger charge is -2.24. The van der Waals surface area contributed by atoms with E-state index < -0.39 is 24.6 Å². The van der Waals surface area contributed by atoms with Crippen LogP contribution >= 0.6 is 0 Å². The number of nitrogens with zero attached hydrogens (tertiary/aromatic N) is 2. The topological polar surface area (TPSA) is 74.8 Å². The second-order valence-corrected chi connectivity index (χ2v) is 11.1. The van der Waals surface area contributed by atoms with Crippen molar-refractivity contribution in [1.29, 1.82) is 0 Å². The van der Waals surface area contributed by atoms with Gasteiger partial charge in [-0.1, -0.05) is 0 Å². The molecule has 0 N–H and O–H groups in total. The summed E-state index contributed by atoms with van der Waals surface area (Å²) in [6, 6.07) is 0. The van der Waals surface area contributed by atoms with E-state index in [0.29, 0.717) is 45.6 Å². The first-order chi connectivity index (χ1) is 9.14. The van der Waals surface area contributed by atoms with Gasteiger partial charge in [-0.3, -0.25) is 0 Å². The maximum atomic E-state index is 12.1. The van der Waals surface area contributed by atoms with E-state index in [1.807, 2.05) is 0 Å². The van der Waals surface area contributed by atoms with Gasteiger partial charge in [0.25, 0.3) is 0 Å². The molecule has 0 radical (unpaired) electrons. The van der Waals surface area contributed by atoms with Gasteiger partial charge in [-0.2, -0.15) is 0 Å². The lowest BCUT2D eigenvalue weighted by Crippen LogP contribution is -2.37. The van der Waals surface area contributed by atoms with Crippen molar-refractivity contribution in [2.24, 2.45) is 0 Å². The van der Waals surface area contributed by atoms with Gasteiger partial charge in [0.2, 0.25) is 10.0 Å². The number of hydrogen-bond acceptors (Lipinski definition) is 5. The minimum Gasteiger partial charge on any atom is -0.301 e.